The van der Waals surface area contributed by atoms with E-state index in [-0.39, 0.29) is 5.91 Å². The SMILES string of the molecule is CCC1CCCCN1C(=O)c1ccc2c(c1)OCCO2. The first-order valence-electron chi connectivity index (χ1n) is 7.50. The van der Waals surface area contributed by atoms with Gasteiger partial charge in [0.25, 0.3) is 5.91 Å². The first kappa shape index (κ1) is 13.3. The lowest BCUT2D eigenvalue weighted by Crippen LogP contribution is -2.43. The summed E-state index contributed by atoms with van der Waals surface area (Å²) in [4.78, 5) is 14.7. The van der Waals surface area contributed by atoms with Crippen molar-refractivity contribution >= 4 is 5.91 Å². The normalized spacial score (nSPS) is 21.6. The van der Waals surface area contributed by atoms with Crippen molar-refractivity contribution in [2.45, 2.75) is 38.6 Å². The minimum Gasteiger partial charge on any atom is -0.486 e. The minimum absolute atomic E-state index is 0.119. The highest BCUT2D eigenvalue weighted by Crippen LogP contribution is 2.32. The van der Waals surface area contributed by atoms with E-state index in [1.807, 2.05) is 23.1 Å². The van der Waals surface area contributed by atoms with E-state index in [9.17, 15) is 4.79 Å². The number of benzene rings is 1. The Balaban J connectivity index is 1.82. The van der Waals surface area contributed by atoms with Crippen LogP contribution in [0.3, 0.4) is 0 Å². The van der Waals surface area contributed by atoms with Gasteiger partial charge in [0.2, 0.25) is 0 Å². The summed E-state index contributed by atoms with van der Waals surface area (Å²) in [7, 11) is 0. The maximum Gasteiger partial charge on any atom is 0.254 e. The molecule has 20 heavy (non-hydrogen) atoms. The molecule has 1 unspecified atom stereocenters. The molecule has 1 amide bonds. The number of carbonyl (C=O) groups excluding carboxylic acids is 1. The van der Waals surface area contributed by atoms with Gasteiger partial charge in [0.15, 0.2) is 11.5 Å². The highest BCUT2D eigenvalue weighted by Gasteiger charge is 2.27. The van der Waals surface area contributed by atoms with E-state index in [0.717, 1.165) is 31.6 Å². The lowest BCUT2D eigenvalue weighted by molar-refractivity contribution is 0.0607. The molecule has 1 aromatic carbocycles. The number of fused-ring (bicyclic) bond motifs is 1. The average Bonchev–Trinajstić information content (AvgIpc) is 2.53. The quantitative estimate of drug-likeness (QED) is 0.833. The molecule has 0 N–H and O–H groups in total. The predicted molar refractivity (Wildman–Crippen MR) is 76.4 cm³/mol. The summed E-state index contributed by atoms with van der Waals surface area (Å²) in [6.45, 7) is 4.14. The molecular weight excluding hydrogens is 254 g/mol. The fourth-order valence-electron chi connectivity index (χ4n) is 3.03. The zero-order valence-electron chi connectivity index (χ0n) is 11.9. The lowest BCUT2D eigenvalue weighted by atomic mass is 9.99. The van der Waals surface area contributed by atoms with Gasteiger partial charge in [0.05, 0.1) is 0 Å². The van der Waals surface area contributed by atoms with Gasteiger partial charge >= 0.3 is 0 Å². The molecule has 4 heteroatoms. The van der Waals surface area contributed by atoms with Crippen molar-refractivity contribution in [2.75, 3.05) is 19.8 Å². The van der Waals surface area contributed by atoms with E-state index in [4.69, 9.17) is 9.47 Å². The monoisotopic (exact) mass is 275 g/mol. The van der Waals surface area contributed by atoms with E-state index in [1.54, 1.807) is 0 Å². The van der Waals surface area contributed by atoms with E-state index < -0.39 is 0 Å². The number of hydrogen-bond acceptors (Lipinski definition) is 3. The van der Waals surface area contributed by atoms with Crippen molar-refractivity contribution < 1.29 is 14.3 Å². The Labute approximate surface area is 119 Å². The summed E-state index contributed by atoms with van der Waals surface area (Å²) >= 11 is 0. The van der Waals surface area contributed by atoms with Gasteiger partial charge in [0.1, 0.15) is 13.2 Å². The molecule has 0 aromatic heterocycles. The van der Waals surface area contributed by atoms with Crippen LogP contribution in [0.5, 0.6) is 11.5 Å². The van der Waals surface area contributed by atoms with Crippen LogP contribution in [0.2, 0.25) is 0 Å². The highest BCUT2D eigenvalue weighted by molar-refractivity contribution is 5.95. The molecule has 4 nitrogen and oxygen atoms in total. The molecule has 2 aliphatic rings. The third-order valence-corrected chi connectivity index (χ3v) is 4.15. The Bertz CT molecular complexity index is 500. The summed E-state index contributed by atoms with van der Waals surface area (Å²) in [6, 6.07) is 5.88. The number of ether oxygens (including phenoxy) is 2. The predicted octanol–water partition coefficient (Wildman–Crippen LogP) is 2.86. The number of likely N-dealkylation sites (tertiary alicyclic amines) is 1. The van der Waals surface area contributed by atoms with Crippen molar-refractivity contribution in [3.63, 3.8) is 0 Å². The Morgan fingerprint density at radius 2 is 2.05 bits per heavy atom. The minimum atomic E-state index is 0.119. The number of amides is 1. The molecule has 2 aliphatic heterocycles. The molecular formula is C16H21NO3. The van der Waals surface area contributed by atoms with Gasteiger partial charge in [-0.1, -0.05) is 6.92 Å². The van der Waals surface area contributed by atoms with Crippen LogP contribution in [-0.2, 0) is 0 Å². The topological polar surface area (TPSA) is 38.8 Å². The Morgan fingerprint density at radius 3 is 2.85 bits per heavy atom. The van der Waals surface area contributed by atoms with Crippen molar-refractivity contribution in [2.24, 2.45) is 0 Å². The number of nitrogens with zero attached hydrogens (tertiary/aromatic N) is 1. The maximum absolute atomic E-state index is 12.7. The second kappa shape index (κ2) is 5.73. The molecule has 1 aromatic rings. The fourth-order valence-corrected chi connectivity index (χ4v) is 3.03. The van der Waals surface area contributed by atoms with Crippen LogP contribution in [0, 0.1) is 0 Å². The molecule has 0 bridgehead atoms. The van der Waals surface area contributed by atoms with Crippen molar-refractivity contribution in [3.8, 4) is 11.5 Å². The highest BCUT2D eigenvalue weighted by atomic mass is 16.6. The molecule has 0 radical (unpaired) electrons. The first-order chi connectivity index (χ1) is 9.79. The van der Waals surface area contributed by atoms with Gasteiger partial charge in [0, 0.05) is 18.2 Å². The number of carbonyl (C=O) groups is 1. The van der Waals surface area contributed by atoms with Crippen LogP contribution in [0.1, 0.15) is 43.0 Å². The number of hydrogen-bond donors (Lipinski definition) is 0. The van der Waals surface area contributed by atoms with Gasteiger partial charge in [-0.3, -0.25) is 4.79 Å². The summed E-state index contributed by atoms with van der Waals surface area (Å²) in [5.41, 5.74) is 0.703. The molecule has 3 rings (SSSR count). The standard InChI is InChI=1S/C16H21NO3/c1-2-13-5-3-4-8-17(13)16(18)12-6-7-14-15(11-12)20-10-9-19-14/h6-7,11,13H,2-5,8-10H2,1H3. The lowest BCUT2D eigenvalue weighted by Gasteiger charge is -2.35. The average molecular weight is 275 g/mol. The third kappa shape index (κ3) is 2.47. The van der Waals surface area contributed by atoms with Crippen LogP contribution in [0.25, 0.3) is 0 Å². The largest absolute Gasteiger partial charge is 0.486 e. The van der Waals surface area contributed by atoms with Gasteiger partial charge in [-0.2, -0.15) is 0 Å². The summed E-state index contributed by atoms with van der Waals surface area (Å²) in [5, 5.41) is 0. The van der Waals surface area contributed by atoms with E-state index in [1.165, 1.54) is 6.42 Å². The van der Waals surface area contributed by atoms with Crippen molar-refractivity contribution in [1.29, 1.82) is 0 Å². The molecule has 0 saturated carbocycles. The molecule has 108 valence electrons. The van der Waals surface area contributed by atoms with E-state index >= 15 is 0 Å². The number of rotatable bonds is 2. The Kier molecular flexibility index (Phi) is 3.81. The van der Waals surface area contributed by atoms with Crippen LogP contribution >= 0.6 is 0 Å². The Morgan fingerprint density at radius 1 is 1.25 bits per heavy atom. The molecule has 0 aliphatic carbocycles. The first-order valence-corrected chi connectivity index (χ1v) is 7.50. The van der Waals surface area contributed by atoms with Crippen LogP contribution in [0.15, 0.2) is 18.2 Å². The zero-order valence-corrected chi connectivity index (χ0v) is 11.9. The fraction of sp³-hybridized carbons (Fsp3) is 0.562. The Hall–Kier alpha value is -1.71. The molecule has 1 atom stereocenters. The van der Waals surface area contributed by atoms with Crippen LogP contribution in [0.4, 0.5) is 0 Å². The van der Waals surface area contributed by atoms with Gasteiger partial charge in [-0.25, -0.2) is 0 Å². The molecule has 0 spiro atoms. The van der Waals surface area contributed by atoms with Crippen LogP contribution in [-0.4, -0.2) is 36.6 Å². The van der Waals surface area contributed by atoms with Gasteiger partial charge in [-0.05, 0) is 43.9 Å². The van der Waals surface area contributed by atoms with Gasteiger partial charge < -0.3 is 14.4 Å². The van der Waals surface area contributed by atoms with Gasteiger partial charge in [-0.15, -0.1) is 0 Å². The second-order valence-corrected chi connectivity index (χ2v) is 5.41. The third-order valence-electron chi connectivity index (χ3n) is 4.15. The second-order valence-electron chi connectivity index (χ2n) is 5.41. The summed E-state index contributed by atoms with van der Waals surface area (Å²) in [6.07, 6.45) is 4.47. The van der Waals surface area contributed by atoms with Crippen molar-refractivity contribution in [1.82, 2.24) is 4.90 Å². The summed E-state index contributed by atoms with van der Waals surface area (Å²) < 4.78 is 11.1. The van der Waals surface area contributed by atoms with E-state index in [2.05, 4.69) is 6.92 Å². The van der Waals surface area contributed by atoms with E-state index in [0.29, 0.717) is 30.6 Å². The molecule has 1 fully saturated rings. The molecule has 1 saturated heterocycles. The number of piperidine rings is 1. The maximum atomic E-state index is 12.7. The molecule has 2 heterocycles. The summed E-state index contributed by atoms with van der Waals surface area (Å²) in [5.74, 6) is 1.54. The van der Waals surface area contributed by atoms with Crippen LogP contribution < -0.4 is 9.47 Å². The smallest absolute Gasteiger partial charge is 0.254 e. The van der Waals surface area contributed by atoms with Crippen molar-refractivity contribution in [3.05, 3.63) is 23.8 Å². The zero-order chi connectivity index (χ0) is 13.9.